The van der Waals surface area contributed by atoms with E-state index in [1.54, 1.807) is 10.6 Å². The minimum atomic E-state index is -0.233. The predicted octanol–water partition coefficient (Wildman–Crippen LogP) is 3.45. The molecule has 110 valence electrons. The Morgan fingerprint density at radius 2 is 2.05 bits per heavy atom. The van der Waals surface area contributed by atoms with E-state index in [0.717, 1.165) is 6.42 Å². The van der Waals surface area contributed by atoms with Crippen LogP contribution in [0.3, 0.4) is 0 Å². The van der Waals surface area contributed by atoms with Crippen LogP contribution in [0.5, 0.6) is 0 Å². The third-order valence-electron chi connectivity index (χ3n) is 3.22. The topological polar surface area (TPSA) is 58.7 Å². The molecule has 0 aliphatic rings. The summed E-state index contributed by atoms with van der Waals surface area (Å²) in [4.78, 5) is 17.2. The highest BCUT2D eigenvalue weighted by molar-refractivity contribution is 8.00. The molecule has 4 nitrogen and oxygen atoms in total. The third-order valence-corrected chi connectivity index (χ3v) is 4.20. The van der Waals surface area contributed by atoms with Gasteiger partial charge >= 0.3 is 0 Å². The monoisotopic (exact) mass is 301 g/mol. The molecule has 0 radical (unpaired) electrons. The molecule has 1 atom stereocenters. The van der Waals surface area contributed by atoms with E-state index in [-0.39, 0.29) is 10.8 Å². The minimum Gasteiger partial charge on any atom is -0.287 e. The van der Waals surface area contributed by atoms with Crippen molar-refractivity contribution in [2.24, 2.45) is 5.92 Å². The molecule has 0 bridgehead atoms. The lowest BCUT2D eigenvalue weighted by Gasteiger charge is -2.14. The average Bonchev–Trinajstić information content (AvgIpc) is 2.46. The maximum Gasteiger partial charge on any atom is 0.262 e. The van der Waals surface area contributed by atoms with Crippen molar-refractivity contribution in [3.63, 3.8) is 0 Å². The molecule has 1 aromatic carbocycles. The van der Waals surface area contributed by atoms with Gasteiger partial charge in [-0.15, -0.1) is 0 Å². The first-order valence-corrected chi connectivity index (χ1v) is 7.96. The second kappa shape index (κ2) is 6.77. The van der Waals surface area contributed by atoms with E-state index in [9.17, 15) is 4.79 Å². The Hall–Kier alpha value is -1.80. The SMILES string of the molecule is CC(C)CCn1c(S[C@H](C)C#N)nc2ccccc2c1=O. The number of hydrogen-bond donors (Lipinski definition) is 0. The van der Waals surface area contributed by atoms with Crippen molar-refractivity contribution < 1.29 is 0 Å². The van der Waals surface area contributed by atoms with Gasteiger partial charge in [0, 0.05) is 6.54 Å². The van der Waals surface area contributed by atoms with Crippen molar-refractivity contribution in [3.05, 3.63) is 34.6 Å². The Bertz CT molecular complexity index is 730. The molecule has 0 fully saturated rings. The van der Waals surface area contributed by atoms with Gasteiger partial charge in [0.1, 0.15) is 0 Å². The molecular weight excluding hydrogens is 282 g/mol. The molecule has 1 aromatic heterocycles. The van der Waals surface area contributed by atoms with Crippen molar-refractivity contribution >= 4 is 22.7 Å². The van der Waals surface area contributed by atoms with Crippen LogP contribution in [0.1, 0.15) is 27.2 Å². The second-order valence-electron chi connectivity index (χ2n) is 5.44. The van der Waals surface area contributed by atoms with Crippen molar-refractivity contribution in [1.29, 1.82) is 5.26 Å². The maximum absolute atomic E-state index is 12.7. The first kappa shape index (κ1) is 15.6. The zero-order valence-electron chi connectivity index (χ0n) is 12.5. The summed E-state index contributed by atoms with van der Waals surface area (Å²) in [7, 11) is 0. The fraction of sp³-hybridized carbons (Fsp3) is 0.438. The van der Waals surface area contributed by atoms with Crippen molar-refractivity contribution in [3.8, 4) is 6.07 Å². The summed E-state index contributed by atoms with van der Waals surface area (Å²) < 4.78 is 1.71. The normalized spacial score (nSPS) is 12.5. The second-order valence-corrected chi connectivity index (χ2v) is 6.75. The van der Waals surface area contributed by atoms with Crippen LogP contribution in [0.2, 0.25) is 0 Å². The van der Waals surface area contributed by atoms with Crippen molar-refractivity contribution in [2.45, 2.75) is 44.1 Å². The van der Waals surface area contributed by atoms with Crippen LogP contribution in [-0.2, 0) is 6.54 Å². The lowest BCUT2D eigenvalue weighted by molar-refractivity contribution is 0.481. The minimum absolute atomic E-state index is 0.0195. The Kier molecular flexibility index (Phi) is 5.03. The summed E-state index contributed by atoms with van der Waals surface area (Å²) in [5.74, 6) is 0.509. The molecule has 5 heteroatoms. The molecule has 0 amide bonds. The predicted molar refractivity (Wildman–Crippen MR) is 86.4 cm³/mol. The number of nitrogens with zero attached hydrogens (tertiary/aromatic N) is 3. The molecular formula is C16H19N3OS. The Morgan fingerprint density at radius 3 is 2.71 bits per heavy atom. The Balaban J connectivity index is 2.54. The van der Waals surface area contributed by atoms with Crippen LogP contribution in [0.15, 0.2) is 34.2 Å². The standard InChI is InChI=1S/C16H19N3OS/c1-11(2)8-9-19-15(20)13-6-4-5-7-14(13)18-16(19)21-12(3)10-17/h4-7,11-12H,8-9H2,1-3H3/t12-/m1/s1. The number of hydrogen-bond acceptors (Lipinski definition) is 4. The van der Waals surface area contributed by atoms with Crippen LogP contribution < -0.4 is 5.56 Å². The summed E-state index contributed by atoms with van der Waals surface area (Å²) in [5, 5.41) is 10.0. The fourth-order valence-electron chi connectivity index (χ4n) is 2.01. The molecule has 0 unspecified atom stereocenters. The Morgan fingerprint density at radius 1 is 1.33 bits per heavy atom. The van der Waals surface area contributed by atoms with Gasteiger partial charge in [-0.2, -0.15) is 5.26 Å². The number of nitriles is 1. The van der Waals surface area contributed by atoms with Crippen LogP contribution in [0.25, 0.3) is 10.9 Å². The molecule has 2 rings (SSSR count). The molecule has 0 N–H and O–H groups in total. The molecule has 21 heavy (non-hydrogen) atoms. The Labute approximate surface area is 128 Å². The molecule has 0 saturated carbocycles. The lowest BCUT2D eigenvalue weighted by Crippen LogP contribution is -2.24. The average molecular weight is 301 g/mol. The van der Waals surface area contributed by atoms with Crippen LogP contribution in [0.4, 0.5) is 0 Å². The first-order valence-electron chi connectivity index (χ1n) is 7.08. The molecule has 2 aromatic rings. The van der Waals surface area contributed by atoms with Gasteiger partial charge in [-0.1, -0.05) is 37.7 Å². The number of fused-ring (bicyclic) bond motifs is 1. The van der Waals surface area contributed by atoms with Gasteiger partial charge in [0.2, 0.25) is 0 Å². The highest BCUT2D eigenvalue weighted by Gasteiger charge is 2.14. The highest BCUT2D eigenvalue weighted by atomic mass is 32.2. The van der Waals surface area contributed by atoms with Gasteiger partial charge in [-0.3, -0.25) is 9.36 Å². The van der Waals surface area contributed by atoms with Gasteiger partial charge in [0.25, 0.3) is 5.56 Å². The van der Waals surface area contributed by atoms with E-state index in [4.69, 9.17) is 5.26 Å². The lowest BCUT2D eigenvalue weighted by atomic mass is 10.1. The number of aromatic nitrogens is 2. The quantitative estimate of drug-likeness (QED) is 0.627. The molecule has 0 spiro atoms. The van der Waals surface area contributed by atoms with Gasteiger partial charge in [-0.25, -0.2) is 4.98 Å². The fourth-order valence-corrected chi connectivity index (χ4v) is 2.83. The first-order chi connectivity index (χ1) is 10.0. The highest BCUT2D eigenvalue weighted by Crippen LogP contribution is 2.22. The summed E-state index contributed by atoms with van der Waals surface area (Å²) in [6, 6.07) is 9.54. The van der Waals surface area contributed by atoms with Crippen LogP contribution >= 0.6 is 11.8 Å². The van der Waals surface area contributed by atoms with Crippen LogP contribution in [0, 0.1) is 17.2 Å². The summed E-state index contributed by atoms with van der Waals surface area (Å²) in [6.45, 7) is 6.71. The van der Waals surface area contributed by atoms with Gasteiger partial charge in [0.15, 0.2) is 5.16 Å². The summed E-state index contributed by atoms with van der Waals surface area (Å²) in [5.41, 5.74) is 0.671. The van der Waals surface area contributed by atoms with Crippen molar-refractivity contribution in [2.75, 3.05) is 0 Å². The van der Waals surface area contributed by atoms with E-state index in [0.29, 0.717) is 28.5 Å². The van der Waals surface area contributed by atoms with Gasteiger partial charge < -0.3 is 0 Å². The largest absolute Gasteiger partial charge is 0.287 e. The molecule has 1 heterocycles. The number of thioether (sulfide) groups is 1. The van der Waals surface area contributed by atoms with E-state index in [2.05, 4.69) is 24.9 Å². The van der Waals surface area contributed by atoms with Gasteiger partial charge in [-0.05, 0) is 31.4 Å². The number of para-hydroxylation sites is 1. The number of rotatable bonds is 5. The third kappa shape index (κ3) is 3.64. The van der Waals surface area contributed by atoms with E-state index >= 15 is 0 Å². The summed E-state index contributed by atoms with van der Waals surface area (Å²) >= 11 is 1.34. The molecule has 0 aliphatic carbocycles. The van der Waals surface area contributed by atoms with Gasteiger partial charge in [0.05, 0.1) is 22.2 Å². The summed E-state index contributed by atoms with van der Waals surface area (Å²) in [6.07, 6.45) is 0.911. The molecule has 0 saturated heterocycles. The zero-order valence-corrected chi connectivity index (χ0v) is 13.4. The van der Waals surface area contributed by atoms with E-state index in [1.807, 2.05) is 25.1 Å². The van der Waals surface area contributed by atoms with E-state index in [1.165, 1.54) is 11.8 Å². The zero-order chi connectivity index (χ0) is 15.4. The van der Waals surface area contributed by atoms with Crippen LogP contribution in [-0.4, -0.2) is 14.8 Å². The maximum atomic E-state index is 12.7. The molecule has 0 aliphatic heterocycles. The van der Waals surface area contributed by atoms with E-state index < -0.39 is 0 Å². The number of benzene rings is 1. The van der Waals surface area contributed by atoms with Crippen molar-refractivity contribution in [1.82, 2.24) is 9.55 Å². The smallest absolute Gasteiger partial charge is 0.262 e.